The highest BCUT2D eigenvalue weighted by atomic mass is 32.2. The highest BCUT2D eigenvalue weighted by Crippen LogP contribution is 2.27. The number of nitrogens with one attached hydrogen (secondary N) is 1. The summed E-state index contributed by atoms with van der Waals surface area (Å²) in [7, 11) is 1.62. The summed E-state index contributed by atoms with van der Waals surface area (Å²) in [5.74, 6) is 2.99. The van der Waals surface area contributed by atoms with Crippen molar-refractivity contribution in [2.45, 2.75) is 63.4 Å². The predicted molar refractivity (Wildman–Crippen MR) is 123 cm³/mol. The van der Waals surface area contributed by atoms with Crippen molar-refractivity contribution in [2.24, 2.45) is 5.92 Å². The summed E-state index contributed by atoms with van der Waals surface area (Å²) < 4.78 is 13.3. The Morgan fingerprint density at radius 3 is 2.87 bits per heavy atom. The first kappa shape index (κ1) is 23.2. The number of hydrogen-bond donors (Lipinski definition) is 1. The Morgan fingerprint density at radius 2 is 2.13 bits per heavy atom. The van der Waals surface area contributed by atoms with E-state index >= 15 is 0 Å². The van der Waals surface area contributed by atoms with E-state index < -0.39 is 0 Å². The molecule has 1 fully saturated rings. The molecular weight excluding hydrogens is 412 g/mol. The van der Waals surface area contributed by atoms with Gasteiger partial charge in [0.05, 0.1) is 12.9 Å². The van der Waals surface area contributed by atoms with Crippen molar-refractivity contribution in [1.29, 1.82) is 0 Å². The monoisotopic (exact) mass is 444 g/mol. The highest BCUT2D eigenvalue weighted by molar-refractivity contribution is 7.99. The molecule has 3 rings (SSSR count). The third kappa shape index (κ3) is 6.26. The van der Waals surface area contributed by atoms with Gasteiger partial charge in [-0.3, -0.25) is 9.36 Å². The smallest absolute Gasteiger partial charge is 0.230 e. The lowest BCUT2D eigenvalue weighted by Crippen LogP contribution is -2.41. The second-order valence-electron chi connectivity index (χ2n) is 7.90. The minimum Gasteiger partial charge on any atom is -0.497 e. The number of hydrogen-bond acceptors (Lipinski definition) is 6. The number of carbonyl (C=O) groups excluding carboxylic acids is 1. The van der Waals surface area contributed by atoms with Crippen LogP contribution in [0.1, 0.15) is 51.5 Å². The quantitative estimate of drug-likeness (QED) is 0.432. The molecule has 1 saturated carbocycles. The maximum absolute atomic E-state index is 12.5. The number of rotatable bonds is 10. The minimum atomic E-state index is -0.328. The van der Waals surface area contributed by atoms with Gasteiger partial charge in [0.15, 0.2) is 17.1 Å². The Kier molecular flexibility index (Phi) is 8.40. The van der Waals surface area contributed by atoms with Gasteiger partial charge in [-0.1, -0.05) is 43.7 Å². The first-order valence-electron chi connectivity index (χ1n) is 10.8. The number of carbonyl (C=O) groups is 1. The predicted octanol–water partition coefficient (Wildman–Crippen LogP) is 4.40. The van der Waals surface area contributed by atoms with Crippen LogP contribution in [0.2, 0.25) is 0 Å². The SMILES string of the molecule is C=CCn1c(SCC(=O)NC2CCCCC2C)nnc1C(C)Oc1cccc(OC)c1. The standard InChI is InChI=1S/C23H32N4O3S/c1-5-13-27-22(17(3)30-19-11-8-10-18(14-19)29-4)25-26-23(27)31-15-21(28)24-20-12-7-6-9-16(20)2/h5,8,10-11,14,16-17,20H,1,6-7,9,12-13,15H2,2-4H3,(H,24,28). The molecular formula is C23H32N4O3S. The van der Waals surface area contributed by atoms with Crippen LogP contribution in [-0.4, -0.2) is 39.6 Å². The molecule has 1 aliphatic rings. The lowest BCUT2D eigenvalue weighted by atomic mass is 9.86. The fraction of sp³-hybridized carbons (Fsp3) is 0.522. The zero-order chi connectivity index (χ0) is 22.2. The number of amides is 1. The third-order valence-electron chi connectivity index (χ3n) is 5.57. The Balaban J connectivity index is 1.63. The number of nitrogens with zero attached hydrogens (tertiary/aromatic N) is 3. The molecule has 0 saturated heterocycles. The van der Waals surface area contributed by atoms with E-state index in [4.69, 9.17) is 9.47 Å². The van der Waals surface area contributed by atoms with Crippen LogP contribution in [0.4, 0.5) is 0 Å². The van der Waals surface area contributed by atoms with Gasteiger partial charge in [0.2, 0.25) is 5.91 Å². The molecule has 0 spiro atoms. The second-order valence-corrected chi connectivity index (χ2v) is 8.85. The number of thioether (sulfide) groups is 1. The van der Waals surface area contributed by atoms with Gasteiger partial charge in [0.25, 0.3) is 0 Å². The molecule has 0 aliphatic heterocycles. The fourth-order valence-electron chi connectivity index (χ4n) is 3.85. The normalized spacial score (nSPS) is 19.5. The van der Waals surface area contributed by atoms with Crippen LogP contribution < -0.4 is 14.8 Å². The lowest BCUT2D eigenvalue weighted by Gasteiger charge is -2.29. The highest BCUT2D eigenvalue weighted by Gasteiger charge is 2.24. The second kappa shape index (κ2) is 11.2. The molecule has 8 heteroatoms. The molecule has 1 aliphatic carbocycles. The van der Waals surface area contributed by atoms with Crippen molar-refractivity contribution in [3.05, 3.63) is 42.7 Å². The van der Waals surface area contributed by atoms with Crippen molar-refractivity contribution in [2.75, 3.05) is 12.9 Å². The summed E-state index contributed by atoms with van der Waals surface area (Å²) in [5, 5.41) is 12.5. The Bertz CT molecular complexity index is 885. The molecule has 0 radical (unpaired) electrons. The van der Waals surface area contributed by atoms with Crippen LogP contribution in [-0.2, 0) is 11.3 Å². The van der Waals surface area contributed by atoms with Gasteiger partial charge in [-0.15, -0.1) is 16.8 Å². The zero-order valence-electron chi connectivity index (χ0n) is 18.5. The lowest BCUT2D eigenvalue weighted by molar-refractivity contribution is -0.119. The molecule has 1 N–H and O–H groups in total. The molecule has 1 heterocycles. The van der Waals surface area contributed by atoms with E-state index in [-0.39, 0.29) is 18.1 Å². The summed E-state index contributed by atoms with van der Waals surface area (Å²) in [4.78, 5) is 12.5. The Hall–Kier alpha value is -2.48. The van der Waals surface area contributed by atoms with Gasteiger partial charge < -0.3 is 14.8 Å². The summed E-state index contributed by atoms with van der Waals surface area (Å²) >= 11 is 1.39. The van der Waals surface area contributed by atoms with E-state index in [2.05, 4.69) is 29.0 Å². The Labute approximate surface area is 188 Å². The topological polar surface area (TPSA) is 78.3 Å². The van der Waals surface area contributed by atoms with Crippen molar-refractivity contribution in [1.82, 2.24) is 20.1 Å². The first-order valence-corrected chi connectivity index (χ1v) is 11.8. The maximum atomic E-state index is 12.5. The van der Waals surface area contributed by atoms with Gasteiger partial charge in [0, 0.05) is 18.7 Å². The summed E-state index contributed by atoms with van der Waals surface area (Å²) in [5.41, 5.74) is 0. The van der Waals surface area contributed by atoms with Crippen LogP contribution in [0, 0.1) is 5.92 Å². The van der Waals surface area contributed by atoms with Crippen LogP contribution in [0.3, 0.4) is 0 Å². The summed E-state index contributed by atoms with van der Waals surface area (Å²) in [6.45, 7) is 8.52. The van der Waals surface area contributed by atoms with E-state index in [0.717, 1.165) is 12.2 Å². The number of ether oxygens (including phenoxy) is 2. The molecule has 7 nitrogen and oxygen atoms in total. The fourth-order valence-corrected chi connectivity index (χ4v) is 4.61. The molecule has 0 bridgehead atoms. The summed E-state index contributed by atoms with van der Waals surface area (Å²) in [6, 6.07) is 7.73. The molecule has 3 atom stereocenters. The van der Waals surface area contributed by atoms with Gasteiger partial charge >= 0.3 is 0 Å². The number of methoxy groups -OCH3 is 1. The molecule has 3 unspecified atom stereocenters. The van der Waals surface area contributed by atoms with Crippen LogP contribution in [0.5, 0.6) is 11.5 Å². The molecule has 1 aromatic heterocycles. The minimum absolute atomic E-state index is 0.0409. The average Bonchev–Trinajstić information content (AvgIpc) is 3.17. The van der Waals surface area contributed by atoms with Gasteiger partial charge in [-0.2, -0.15) is 0 Å². The molecule has 2 aromatic rings. The maximum Gasteiger partial charge on any atom is 0.230 e. The van der Waals surface area contributed by atoms with Crippen LogP contribution in [0.15, 0.2) is 42.1 Å². The van der Waals surface area contributed by atoms with E-state index in [1.807, 2.05) is 35.8 Å². The van der Waals surface area contributed by atoms with Crippen molar-refractivity contribution in [3.63, 3.8) is 0 Å². The molecule has 1 aromatic carbocycles. The van der Waals surface area contributed by atoms with Crippen molar-refractivity contribution >= 4 is 17.7 Å². The van der Waals surface area contributed by atoms with Gasteiger partial charge in [-0.25, -0.2) is 0 Å². The van der Waals surface area contributed by atoms with E-state index in [9.17, 15) is 4.79 Å². The molecule has 31 heavy (non-hydrogen) atoms. The van der Waals surface area contributed by atoms with E-state index in [1.165, 1.54) is 31.0 Å². The Morgan fingerprint density at radius 1 is 1.35 bits per heavy atom. The zero-order valence-corrected chi connectivity index (χ0v) is 19.4. The molecule has 1 amide bonds. The van der Waals surface area contributed by atoms with Crippen molar-refractivity contribution in [3.8, 4) is 11.5 Å². The average molecular weight is 445 g/mol. The van der Waals surface area contributed by atoms with E-state index in [0.29, 0.717) is 34.9 Å². The van der Waals surface area contributed by atoms with Gasteiger partial charge in [0.1, 0.15) is 11.5 Å². The number of aromatic nitrogens is 3. The third-order valence-corrected chi connectivity index (χ3v) is 6.53. The number of allylic oxidation sites excluding steroid dienone is 1. The van der Waals surface area contributed by atoms with E-state index in [1.54, 1.807) is 13.2 Å². The van der Waals surface area contributed by atoms with Gasteiger partial charge in [-0.05, 0) is 37.8 Å². The largest absolute Gasteiger partial charge is 0.497 e. The van der Waals surface area contributed by atoms with Crippen LogP contribution in [0.25, 0.3) is 0 Å². The van der Waals surface area contributed by atoms with Crippen molar-refractivity contribution < 1.29 is 14.3 Å². The van der Waals surface area contributed by atoms with Crippen LogP contribution >= 0.6 is 11.8 Å². The molecule has 168 valence electrons. The number of benzene rings is 1. The summed E-state index contributed by atoms with van der Waals surface area (Å²) in [6.07, 6.45) is 6.15. The first-order chi connectivity index (χ1) is 15.0.